The maximum absolute atomic E-state index is 5.04. The largest absolute Gasteiger partial charge is 0.385 e. The number of halogens is 1. The third-order valence-electron chi connectivity index (χ3n) is 3.49. The Kier molecular flexibility index (Phi) is 12.6. The third kappa shape index (κ3) is 8.26. The maximum atomic E-state index is 5.04. The number of likely N-dealkylation sites (tertiary alicyclic amines) is 1. The Morgan fingerprint density at radius 2 is 2.15 bits per heavy atom. The van der Waals surface area contributed by atoms with Crippen molar-refractivity contribution in [1.82, 2.24) is 15.5 Å². The predicted molar refractivity (Wildman–Crippen MR) is 96.1 cm³/mol. The highest BCUT2D eigenvalue weighted by Crippen LogP contribution is 2.15. The predicted octanol–water partition coefficient (Wildman–Crippen LogP) is 1.54. The van der Waals surface area contributed by atoms with E-state index in [1.807, 2.05) is 0 Å². The van der Waals surface area contributed by atoms with Gasteiger partial charge in [0.2, 0.25) is 0 Å². The lowest BCUT2D eigenvalue weighted by Crippen LogP contribution is -2.38. The summed E-state index contributed by atoms with van der Waals surface area (Å²) >= 11 is 0. The van der Waals surface area contributed by atoms with Gasteiger partial charge < -0.3 is 20.3 Å². The van der Waals surface area contributed by atoms with E-state index >= 15 is 0 Å². The molecule has 2 N–H and O–H groups in total. The lowest BCUT2D eigenvalue weighted by Gasteiger charge is -2.14. The molecule has 120 valence electrons. The van der Waals surface area contributed by atoms with Gasteiger partial charge in [-0.05, 0) is 38.8 Å². The molecule has 0 aromatic heterocycles. The summed E-state index contributed by atoms with van der Waals surface area (Å²) in [5.74, 6) is 1.66. The number of ether oxygens (including phenoxy) is 1. The summed E-state index contributed by atoms with van der Waals surface area (Å²) in [6, 6.07) is 0. The van der Waals surface area contributed by atoms with Gasteiger partial charge in [-0.3, -0.25) is 4.99 Å². The van der Waals surface area contributed by atoms with Crippen LogP contribution in [0.1, 0.15) is 26.7 Å². The lowest BCUT2D eigenvalue weighted by molar-refractivity contribution is 0.195. The van der Waals surface area contributed by atoms with E-state index in [0.29, 0.717) is 0 Å². The molecule has 1 rings (SSSR count). The Hall–Kier alpha value is -0.0800. The maximum Gasteiger partial charge on any atom is 0.191 e. The molecule has 0 bridgehead atoms. The number of aliphatic imine (C=N–C) groups is 1. The zero-order valence-electron chi connectivity index (χ0n) is 13.2. The Labute approximate surface area is 140 Å². The molecule has 0 radical (unpaired) electrons. The van der Waals surface area contributed by atoms with Crippen molar-refractivity contribution in [2.24, 2.45) is 10.9 Å². The van der Waals surface area contributed by atoms with Gasteiger partial charge in [0.05, 0.1) is 0 Å². The van der Waals surface area contributed by atoms with Gasteiger partial charge in [-0.1, -0.05) is 6.92 Å². The van der Waals surface area contributed by atoms with Crippen LogP contribution in [0.3, 0.4) is 0 Å². The zero-order valence-corrected chi connectivity index (χ0v) is 15.5. The van der Waals surface area contributed by atoms with Crippen molar-refractivity contribution in [2.75, 3.05) is 53.0 Å². The van der Waals surface area contributed by atoms with E-state index in [-0.39, 0.29) is 24.0 Å². The molecule has 20 heavy (non-hydrogen) atoms. The molecule has 1 fully saturated rings. The van der Waals surface area contributed by atoms with Crippen LogP contribution in [0.25, 0.3) is 0 Å². The number of guanidine groups is 1. The molecular formula is C14H31IN4O. The summed E-state index contributed by atoms with van der Waals surface area (Å²) in [6.45, 7) is 11.4. The second-order valence-corrected chi connectivity index (χ2v) is 5.04. The fourth-order valence-corrected chi connectivity index (χ4v) is 2.33. The van der Waals surface area contributed by atoms with Crippen molar-refractivity contribution in [3.8, 4) is 0 Å². The topological polar surface area (TPSA) is 48.9 Å². The van der Waals surface area contributed by atoms with Gasteiger partial charge in [0.1, 0.15) is 0 Å². The molecule has 0 aliphatic carbocycles. The van der Waals surface area contributed by atoms with Crippen LogP contribution in [0.5, 0.6) is 0 Å². The van der Waals surface area contributed by atoms with Crippen molar-refractivity contribution >= 4 is 29.9 Å². The minimum absolute atomic E-state index is 0. The number of methoxy groups -OCH3 is 1. The Balaban J connectivity index is 0.00000361. The molecule has 6 heteroatoms. The minimum atomic E-state index is 0. The number of rotatable bonds is 8. The normalized spacial score (nSPS) is 19.8. The first-order chi connectivity index (χ1) is 9.30. The number of nitrogens with one attached hydrogen (secondary N) is 2. The quantitative estimate of drug-likeness (QED) is 0.282. The molecule has 1 unspecified atom stereocenters. The average Bonchev–Trinajstić information content (AvgIpc) is 2.88. The van der Waals surface area contributed by atoms with Crippen molar-refractivity contribution in [3.63, 3.8) is 0 Å². The Bertz CT molecular complexity index is 264. The van der Waals surface area contributed by atoms with Crippen LogP contribution in [0.15, 0.2) is 4.99 Å². The van der Waals surface area contributed by atoms with E-state index in [1.54, 1.807) is 7.11 Å². The van der Waals surface area contributed by atoms with Crippen LogP contribution in [0.2, 0.25) is 0 Å². The van der Waals surface area contributed by atoms with Crippen LogP contribution in [0, 0.1) is 5.92 Å². The van der Waals surface area contributed by atoms with Crippen molar-refractivity contribution in [1.29, 1.82) is 0 Å². The van der Waals surface area contributed by atoms with Crippen LogP contribution in [0.4, 0.5) is 0 Å². The fourth-order valence-electron chi connectivity index (χ4n) is 2.33. The van der Waals surface area contributed by atoms with Gasteiger partial charge in [-0.2, -0.15) is 0 Å². The van der Waals surface area contributed by atoms with E-state index in [4.69, 9.17) is 4.74 Å². The first-order valence-electron chi connectivity index (χ1n) is 7.53. The van der Waals surface area contributed by atoms with Crippen LogP contribution < -0.4 is 10.6 Å². The van der Waals surface area contributed by atoms with Gasteiger partial charge in [0.15, 0.2) is 5.96 Å². The Morgan fingerprint density at radius 1 is 1.35 bits per heavy atom. The van der Waals surface area contributed by atoms with E-state index in [1.165, 1.54) is 19.5 Å². The van der Waals surface area contributed by atoms with Gasteiger partial charge in [-0.25, -0.2) is 0 Å². The molecule has 0 amide bonds. The monoisotopic (exact) mass is 398 g/mol. The Morgan fingerprint density at radius 3 is 2.75 bits per heavy atom. The van der Waals surface area contributed by atoms with Crippen LogP contribution in [-0.2, 0) is 4.74 Å². The molecule has 1 saturated heterocycles. The van der Waals surface area contributed by atoms with Crippen LogP contribution >= 0.6 is 24.0 Å². The van der Waals surface area contributed by atoms with E-state index < -0.39 is 0 Å². The molecule has 0 saturated carbocycles. The molecule has 0 spiro atoms. The summed E-state index contributed by atoms with van der Waals surface area (Å²) in [6.07, 6.45) is 2.29. The molecule has 1 aliphatic heterocycles. The van der Waals surface area contributed by atoms with E-state index in [9.17, 15) is 0 Å². The van der Waals surface area contributed by atoms with Gasteiger partial charge in [-0.15, -0.1) is 24.0 Å². The minimum Gasteiger partial charge on any atom is -0.385 e. The van der Waals surface area contributed by atoms with Gasteiger partial charge in [0, 0.05) is 39.9 Å². The summed E-state index contributed by atoms with van der Waals surface area (Å²) in [7, 11) is 1.73. The highest BCUT2D eigenvalue weighted by molar-refractivity contribution is 14.0. The highest BCUT2D eigenvalue weighted by Gasteiger charge is 2.20. The van der Waals surface area contributed by atoms with Crippen molar-refractivity contribution in [3.05, 3.63) is 0 Å². The van der Waals surface area contributed by atoms with Gasteiger partial charge >= 0.3 is 0 Å². The number of nitrogens with zero attached hydrogens (tertiary/aromatic N) is 2. The second kappa shape index (κ2) is 12.6. The van der Waals surface area contributed by atoms with Crippen molar-refractivity contribution in [2.45, 2.75) is 26.7 Å². The smallest absolute Gasteiger partial charge is 0.191 e. The summed E-state index contributed by atoms with van der Waals surface area (Å²) in [5, 5.41) is 6.64. The summed E-state index contributed by atoms with van der Waals surface area (Å²) in [5.41, 5.74) is 0. The zero-order chi connectivity index (χ0) is 13.9. The van der Waals surface area contributed by atoms with Crippen molar-refractivity contribution < 1.29 is 4.74 Å². The average molecular weight is 398 g/mol. The molecule has 1 aliphatic rings. The molecular weight excluding hydrogens is 367 g/mol. The third-order valence-corrected chi connectivity index (χ3v) is 3.49. The van der Waals surface area contributed by atoms with E-state index in [0.717, 1.165) is 51.1 Å². The number of hydrogen-bond acceptors (Lipinski definition) is 3. The molecule has 1 atom stereocenters. The standard InChI is InChI=1S/C14H30N4O.HI/c1-4-15-14(16-8-6-10-19-3)17-11-13-7-9-18(5-2)12-13;/h13H,4-12H2,1-3H3,(H2,15,16,17);1H. The fraction of sp³-hybridized carbons (Fsp3) is 0.929. The van der Waals surface area contributed by atoms with E-state index in [2.05, 4.69) is 34.4 Å². The first kappa shape index (κ1) is 19.9. The molecule has 1 heterocycles. The SMILES string of the molecule is CCNC(=NCC1CCN(CC)C1)NCCCOC.I. The second-order valence-electron chi connectivity index (χ2n) is 5.04. The molecule has 5 nitrogen and oxygen atoms in total. The first-order valence-corrected chi connectivity index (χ1v) is 7.53. The number of hydrogen-bond donors (Lipinski definition) is 2. The lowest BCUT2D eigenvalue weighted by atomic mass is 10.1. The van der Waals surface area contributed by atoms with Gasteiger partial charge in [0.25, 0.3) is 0 Å². The molecule has 0 aromatic carbocycles. The van der Waals surface area contributed by atoms with Crippen LogP contribution in [-0.4, -0.2) is 63.8 Å². The highest BCUT2D eigenvalue weighted by atomic mass is 127. The molecule has 0 aromatic rings. The summed E-state index contributed by atoms with van der Waals surface area (Å²) in [4.78, 5) is 7.19. The summed E-state index contributed by atoms with van der Waals surface area (Å²) < 4.78 is 5.04.